The van der Waals surface area contributed by atoms with E-state index in [4.69, 9.17) is 52.4 Å². The van der Waals surface area contributed by atoms with Crippen LogP contribution in [-0.2, 0) is 14.4 Å². The van der Waals surface area contributed by atoms with E-state index in [2.05, 4.69) is 16.0 Å². The van der Waals surface area contributed by atoms with Crippen molar-refractivity contribution >= 4 is 69.3 Å². The van der Waals surface area contributed by atoms with E-state index in [9.17, 15) is 14.4 Å². The summed E-state index contributed by atoms with van der Waals surface area (Å²) < 4.78 is 0. The highest BCUT2D eigenvalue weighted by molar-refractivity contribution is 7.80. The van der Waals surface area contributed by atoms with Crippen molar-refractivity contribution in [3.63, 3.8) is 0 Å². The van der Waals surface area contributed by atoms with E-state index < -0.39 is 17.8 Å². The highest BCUT2D eigenvalue weighted by atomic mass is 32.1. The van der Waals surface area contributed by atoms with E-state index in [1.54, 1.807) is 63.4 Å². The van der Waals surface area contributed by atoms with Crippen LogP contribution in [0.25, 0.3) is 0 Å². The van der Waals surface area contributed by atoms with Crippen molar-refractivity contribution < 1.29 is 14.4 Å². The van der Waals surface area contributed by atoms with Gasteiger partial charge in [0, 0.05) is 63.4 Å². The third-order valence-electron chi connectivity index (χ3n) is 3.98. The predicted molar refractivity (Wildman–Crippen MR) is 148 cm³/mol. The van der Waals surface area contributed by atoms with Crippen LogP contribution < -0.4 is 16.0 Å². The molecule has 0 spiro atoms. The Kier molecular flexibility index (Phi) is 20.4. The van der Waals surface area contributed by atoms with Gasteiger partial charge in [-0.15, -0.1) is 0 Å². The number of hydrogen-bond acceptors (Lipinski definition) is 9. The van der Waals surface area contributed by atoms with Crippen LogP contribution in [0.4, 0.5) is 0 Å². The van der Waals surface area contributed by atoms with Gasteiger partial charge in [-0.2, -0.15) is 15.8 Å². The fourth-order valence-corrected chi connectivity index (χ4v) is 2.35. The highest BCUT2D eigenvalue weighted by Crippen LogP contribution is 2.02. The van der Waals surface area contributed by atoms with E-state index in [1.807, 2.05) is 18.2 Å². The lowest BCUT2D eigenvalue weighted by Gasteiger charge is -2.14. The molecule has 0 aromatic carbocycles. The summed E-state index contributed by atoms with van der Waals surface area (Å²) in [5.41, 5.74) is 0. The van der Waals surface area contributed by atoms with Crippen molar-refractivity contribution in [1.29, 1.82) is 15.8 Å². The zero-order valence-corrected chi connectivity index (χ0v) is 24.3. The molecule has 0 saturated heterocycles. The van der Waals surface area contributed by atoms with Gasteiger partial charge in [0.25, 0.3) is 0 Å². The second-order valence-corrected chi connectivity index (χ2v) is 8.55. The van der Waals surface area contributed by atoms with Crippen molar-refractivity contribution in [2.75, 3.05) is 63.4 Å². The van der Waals surface area contributed by atoms with Crippen molar-refractivity contribution in [2.24, 2.45) is 17.8 Å². The van der Waals surface area contributed by atoms with Crippen molar-refractivity contribution in [3.8, 4) is 18.2 Å². The molecule has 0 bridgehead atoms. The Labute approximate surface area is 229 Å². The second-order valence-electron chi connectivity index (χ2n) is 7.23. The zero-order valence-electron chi connectivity index (χ0n) is 21.9. The molecule has 0 aliphatic heterocycles. The van der Waals surface area contributed by atoms with Crippen LogP contribution in [0, 0.1) is 51.7 Å². The number of thiocarbonyl (C=S) groups is 3. The van der Waals surface area contributed by atoms with Crippen molar-refractivity contribution in [3.05, 3.63) is 0 Å². The van der Waals surface area contributed by atoms with E-state index in [0.717, 1.165) is 0 Å². The predicted octanol–water partition coefficient (Wildman–Crippen LogP) is -0.716. The Bertz CT molecular complexity index is 813. The molecule has 12 nitrogen and oxygen atoms in total. The Balaban J connectivity index is -0.000000454. The molecule has 0 aromatic rings. The minimum atomic E-state index is -0.861. The van der Waals surface area contributed by atoms with E-state index >= 15 is 0 Å². The number of nitriles is 3. The monoisotopic (exact) mass is 555 g/mol. The van der Waals surface area contributed by atoms with E-state index in [0.29, 0.717) is 0 Å². The van der Waals surface area contributed by atoms with Gasteiger partial charge >= 0.3 is 0 Å². The highest BCUT2D eigenvalue weighted by Gasteiger charge is 2.24. The van der Waals surface area contributed by atoms with E-state index in [-0.39, 0.29) is 32.7 Å². The molecule has 198 valence electrons. The Hall–Kier alpha value is -3.45. The molecule has 3 atom stereocenters. The van der Waals surface area contributed by atoms with Crippen LogP contribution in [-0.4, -0.2) is 111 Å². The van der Waals surface area contributed by atoms with Gasteiger partial charge in [-0.1, -0.05) is 36.7 Å². The zero-order chi connectivity index (χ0) is 29.2. The first-order valence-electron chi connectivity index (χ1n) is 10.1. The van der Waals surface area contributed by atoms with Gasteiger partial charge in [0.15, 0.2) is 17.8 Å². The molecule has 3 N–H and O–H groups in total. The third-order valence-corrected chi connectivity index (χ3v) is 5.30. The van der Waals surface area contributed by atoms with Crippen LogP contribution in [0.5, 0.6) is 0 Å². The molecule has 0 heterocycles. The first-order chi connectivity index (χ1) is 16.6. The quantitative estimate of drug-likeness (QED) is 0.352. The lowest BCUT2D eigenvalue weighted by atomic mass is 10.1. The van der Waals surface area contributed by atoms with Gasteiger partial charge in [0.2, 0.25) is 17.7 Å². The lowest BCUT2D eigenvalue weighted by molar-refractivity contribution is -0.130. The Morgan fingerprint density at radius 1 is 0.556 bits per heavy atom. The van der Waals surface area contributed by atoms with Gasteiger partial charge in [-0.3, -0.25) is 14.4 Å². The number of carbonyl (C=O) groups excluding carboxylic acids is 3. The van der Waals surface area contributed by atoms with Gasteiger partial charge < -0.3 is 30.7 Å². The minimum absolute atomic E-state index is 0.260. The number of hydrogen-bond donors (Lipinski definition) is 3. The Morgan fingerprint density at radius 2 is 0.722 bits per heavy atom. The first kappa shape index (κ1) is 37.1. The number of carbonyl (C=O) groups is 3. The van der Waals surface area contributed by atoms with Gasteiger partial charge in [-0.25, -0.2) is 0 Å². The molecule has 0 aliphatic carbocycles. The fourth-order valence-electron chi connectivity index (χ4n) is 1.89. The maximum atomic E-state index is 11.3. The SMILES string of the molecule is CNC(=S)[C@@H](C#N)C(=O)N(C)C.CNC(=S)[C@H](C#N)C(=O)N(C)C.CNC(=S)[C@H](C#N)C(=O)N(C)C. The molecule has 0 rings (SSSR count). The number of nitrogens with zero attached hydrogens (tertiary/aromatic N) is 6. The molecule has 15 heteroatoms. The summed E-state index contributed by atoms with van der Waals surface area (Å²) >= 11 is 14.4. The summed E-state index contributed by atoms with van der Waals surface area (Å²) in [6.45, 7) is 0. The molecule has 0 aromatic heterocycles. The lowest BCUT2D eigenvalue weighted by Crippen LogP contribution is -2.37. The molecule has 0 unspecified atom stereocenters. The maximum absolute atomic E-state index is 11.3. The average Bonchev–Trinajstić information content (AvgIpc) is 2.84. The van der Waals surface area contributed by atoms with Crippen molar-refractivity contribution in [1.82, 2.24) is 30.7 Å². The van der Waals surface area contributed by atoms with Gasteiger partial charge in [-0.05, 0) is 0 Å². The Morgan fingerprint density at radius 3 is 0.806 bits per heavy atom. The second kappa shape index (κ2) is 19.8. The molecule has 0 fully saturated rings. The third kappa shape index (κ3) is 13.4. The summed E-state index contributed by atoms with van der Waals surface area (Å²) in [5, 5.41) is 33.7. The summed E-state index contributed by atoms with van der Waals surface area (Å²) in [6.07, 6.45) is 0. The first-order valence-corrected chi connectivity index (χ1v) is 11.3. The number of amides is 3. The molecule has 0 saturated carbocycles. The molecule has 36 heavy (non-hydrogen) atoms. The summed E-state index contributed by atoms with van der Waals surface area (Å²) in [7, 11) is 14.3. The molecular formula is C21H33N9O3S3. The van der Waals surface area contributed by atoms with Crippen LogP contribution in [0.15, 0.2) is 0 Å². The topological polar surface area (TPSA) is 168 Å². The fraction of sp³-hybridized carbons (Fsp3) is 0.571. The smallest absolute Gasteiger partial charge is 0.246 e. The van der Waals surface area contributed by atoms with E-state index in [1.165, 1.54) is 14.7 Å². The van der Waals surface area contributed by atoms with Crippen LogP contribution >= 0.6 is 36.7 Å². The molecule has 3 amide bonds. The molecule has 0 aliphatic rings. The standard InChI is InChI=1S/3C7H11N3OS/c3*1-9-6(12)5(4-8)7(11)10(2)3/h3*5H,1-3H3,(H,9,12)/t3*5-/m100/s1. The van der Waals surface area contributed by atoms with Crippen LogP contribution in [0.3, 0.4) is 0 Å². The van der Waals surface area contributed by atoms with Gasteiger partial charge in [0.05, 0.1) is 18.2 Å². The minimum Gasteiger partial charge on any atom is -0.381 e. The number of nitrogens with one attached hydrogen (secondary N) is 3. The summed E-state index contributed by atoms with van der Waals surface area (Å²) in [5.74, 6) is -3.47. The number of rotatable bonds is 6. The van der Waals surface area contributed by atoms with Crippen LogP contribution in [0.2, 0.25) is 0 Å². The van der Waals surface area contributed by atoms with Crippen molar-refractivity contribution in [2.45, 2.75) is 0 Å². The summed E-state index contributed by atoms with van der Waals surface area (Å²) in [6, 6.07) is 5.52. The maximum Gasteiger partial charge on any atom is 0.246 e. The molecular weight excluding hydrogens is 522 g/mol. The van der Waals surface area contributed by atoms with Crippen LogP contribution in [0.1, 0.15) is 0 Å². The average molecular weight is 556 g/mol. The van der Waals surface area contributed by atoms with Gasteiger partial charge in [0.1, 0.15) is 15.0 Å². The largest absolute Gasteiger partial charge is 0.381 e. The summed E-state index contributed by atoms with van der Waals surface area (Å²) in [4.78, 5) is 38.6. The normalized spacial score (nSPS) is 11.2. The molecule has 0 radical (unpaired) electrons.